The summed E-state index contributed by atoms with van der Waals surface area (Å²) < 4.78 is 16.7. The summed E-state index contributed by atoms with van der Waals surface area (Å²) in [6.45, 7) is 3.50. The van der Waals surface area contributed by atoms with E-state index in [1.807, 2.05) is 22.6 Å². The molecule has 1 aliphatic carbocycles. The van der Waals surface area contributed by atoms with Crippen molar-refractivity contribution in [3.8, 4) is 5.88 Å². The highest BCUT2D eigenvalue weighted by molar-refractivity contribution is 14.1. The average molecular weight is 461 g/mol. The standard InChI is InChI=1S/C17H24IN3O4/c1-10-3-5-11(6-4-10)19-17-20-14(16(22)23-2)13(18)15(21-17)25-12-7-8-24-9-12/h10-12H,3-9H2,1-2H3,(H,19,20,21). The Morgan fingerprint density at radius 1 is 1.24 bits per heavy atom. The van der Waals surface area contributed by atoms with Crippen LogP contribution in [0.3, 0.4) is 0 Å². The number of nitrogens with zero attached hydrogens (tertiary/aromatic N) is 2. The number of hydrogen-bond acceptors (Lipinski definition) is 7. The molecule has 138 valence electrons. The number of carbonyl (C=O) groups is 1. The van der Waals surface area contributed by atoms with Crippen molar-refractivity contribution in [1.29, 1.82) is 0 Å². The van der Waals surface area contributed by atoms with E-state index in [-0.39, 0.29) is 11.8 Å². The van der Waals surface area contributed by atoms with E-state index in [9.17, 15) is 4.79 Å². The molecule has 2 aliphatic rings. The molecule has 7 nitrogen and oxygen atoms in total. The molecule has 25 heavy (non-hydrogen) atoms. The van der Waals surface area contributed by atoms with Crippen molar-refractivity contribution >= 4 is 34.5 Å². The van der Waals surface area contributed by atoms with E-state index < -0.39 is 5.97 Å². The topological polar surface area (TPSA) is 82.6 Å². The van der Waals surface area contributed by atoms with Gasteiger partial charge in [-0.15, -0.1) is 0 Å². The summed E-state index contributed by atoms with van der Waals surface area (Å²) in [7, 11) is 1.35. The third kappa shape index (κ3) is 4.72. The van der Waals surface area contributed by atoms with Crippen LogP contribution in [-0.2, 0) is 9.47 Å². The number of aromatic nitrogens is 2. The van der Waals surface area contributed by atoms with Crippen molar-refractivity contribution in [3.05, 3.63) is 9.26 Å². The molecule has 1 N–H and O–H groups in total. The van der Waals surface area contributed by atoms with Gasteiger partial charge in [0.25, 0.3) is 0 Å². The van der Waals surface area contributed by atoms with Crippen molar-refractivity contribution in [2.24, 2.45) is 5.92 Å². The van der Waals surface area contributed by atoms with Crippen LogP contribution in [0.1, 0.15) is 49.5 Å². The van der Waals surface area contributed by atoms with Crippen LogP contribution in [0.5, 0.6) is 5.88 Å². The van der Waals surface area contributed by atoms with E-state index in [0.717, 1.165) is 25.2 Å². The maximum atomic E-state index is 12.1. The Balaban J connectivity index is 1.81. The lowest BCUT2D eigenvalue weighted by Gasteiger charge is -2.27. The van der Waals surface area contributed by atoms with Crippen LogP contribution in [0.25, 0.3) is 0 Å². The number of hydrogen-bond donors (Lipinski definition) is 1. The third-order valence-corrected chi connectivity index (χ3v) is 5.69. The molecule has 2 fully saturated rings. The Labute approximate surface area is 161 Å². The number of nitrogens with one attached hydrogen (secondary N) is 1. The number of halogens is 1. The van der Waals surface area contributed by atoms with Crippen LogP contribution < -0.4 is 10.1 Å². The number of carbonyl (C=O) groups excluding carboxylic acids is 1. The predicted octanol–water partition coefficient (Wildman–Crippen LogP) is 3.03. The molecule has 1 aromatic heterocycles. The Bertz CT molecular complexity index is 614. The first-order chi connectivity index (χ1) is 12.1. The van der Waals surface area contributed by atoms with Gasteiger partial charge in [-0.05, 0) is 54.2 Å². The summed E-state index contributed by atoms with van der Waals surface area (Å²) in [4.78, 5) is 21.0. The molecule has 1 aliphatic heterocycles. The van der Waals surface area contributed by atoms with Crippen molar-refractivity contribution in [1.82, 2.24) is 9.97 Å². The molecule has 1 saturated heterocycles. The molecule has 8 heteroatoms. The van der Waals surface area contributed by atoms with Crippen LogP contribution in [0.4, 0.5) is 5.95 Å². The fourth-order valence-electron chi connectivity index (χ4n) is 3.15. The zero-order chi connectivity index (χ0) is 17.8. The molecule has 0 aromatic carbocycles. The van der Waals surface area contributed by atoms with E-state index in [1.54, 1.807) is 0 Å². The summed E-state index contributed by atoms with van der Waals surface area (Å²) in [6.07, 6.45) is 5.31. The van der Waals surface area contributed by atoms with Crippen LogP contribution in [0.2, 0.25) is 0 Å². The second-order valence-corrected chi connectivity index (χ2v) is 7.79. The number of methoxy groups -OCH3 is 1. The highest BCUT2D eigenvalue weighted by Crippen LogP contribution is 2.29. The van der Waals surface area contributed by atoms with Gasteiger partial charge in [0.05, 0.1) is 20.3 Å². The van der Waals surface area contributed by atoms with Crippen molar-refractivity contribution in [2.75, 3.05) is 25.6 Å². The summed E-state index contributed by atoms with van der Waals surface area (Å²) in [5, 5.41) is 3.37. The highest BCUT2D eigenvalue weighted by Gasteiger charge is 2.26. The summed E-state index contributed by atoms with van der Waals surface area (Å²) >= 11 is 2.04. The van der Waals surface area contributed by atoms with Gasteiger partial charge in [-0.2, -0.15) is 4.98 Å². The van der Waals surface area contributed by atoms with Gasteiger partial charge in [-0.3, -0.25) is 0 Å². The summed E-state index contributed by atoms with van der Waals surface area (Å²) in [5.74, 6) is 1.12. The summed E-state index contributed by atoms with van der Waals surface area (Å²) in [5.41, 5.74) is 0.235. The van der Waals surface area contributed by atoms with Gasteiger partial charge in [0, 0.05) is 12.5 Å². The first-order valence-electron chi connectivity index (χ1n) is 8.73. The van der Waals surface area contributed by atoms with Crippen molar-refractivity contribution in [2.45, 2.75) is 51.2 Å². The van der Waals surface area contributed by atoms with Crippen LogP contribution in [0, 0.1) is 9.49 Å². The van der Waals surface area contributed by atoms with Gasteiger partial charge in [-0.25, -0.2) is 9.78 Å². The minimum Gasteiger partial charge on any atom is -0.471 e. The highest BCUT2D eigenvalue weighted by atomic mass is 127. The van der Waals surface area contributed by atoms with E-state index in [1.165, 1.54) is 20.0 Å². The van der Waals surface area contributed by atoms with Gasteiger partial charge in [-0.1, -0.05) is 6.92 Å². The maximum Gasteiger partial charge on any atom is 0.358 e. The minimum absolute atomic E-state index is 0.0442. The second kappa shape index (κ2) is 8.48. The first kappa shape index (κ1) is 18.6. The third-order valence-electron chi connectivity index (χ3n) is 4.71. The molecular formula is C17H24IN3O4. The molecule has 0 bridgehead atoms. The number of ether oxygens (including phenoxy) is 3. The SMILES string of the molecule is COC(=O)c1nc(NC2CCC(C)CC2)nc(OC2CCOC2)c1I. The molecule has 1 atom stereocenters. The molecule has 0 radical (unpaired) electrons. The fourth-order valence-corrected chi connectivity index (χ4v) is 3.74. The molecule has 1 aromatic rings. The smallest absolute Gasteiger partial charge is 0.358 e. The lowest BCUT2D eigenvalue weighted by atomic mass is 9.87. The molecule has 1 unspecified atom stereocenters. The van der Waals surface area contributed by atoms with Gasteiger partial charge in [0.15, 0.2) is 5.69 Å². The summed E-state index contributed by atoms with van der Waals surface area (Å²) in [6, 6.07) is 0.324. The monoisotopic (exact) mass is 461 g/mol. The lowest BCUT2D eigenvalue weighted by Crippen LogP contribution is -2.27. The average Bonchev–Trinajstić information content (AvgIpc) is 3.12. The van der Waals surface area contributed by atoms with E-state index in [0.29, 0.717) is 34.7 Å². The Kier molecular flexibility index (Phi) is 6.32. The number of anilines is 1. The number of rotatable bonds is 5. The Morgan fingerprint density at radius 2 is 2.00 bits per heavy atom. The molecule has 0 amide bonds. The normalized spacial score (nSPS) is 26.3. The van der Waals surface area contributed by atoms with E-state index in [4.69, 9.17) is 14.2 Å². The quantitative estimate of drug-likeness (QED) is 0.533. The van der Waals surface area contributed by atoms with Crippen molar-refractivity contribution < 1.29 is 19.0 Å². The number of esters is 1. The maximum absolute atomic E-state index is 12.1. The Hall–Kier alpha value is -1.16. The largest absolute Gasteiger partial charge is 0.471 e. The second-order valence-electron chi connectivity index (χ2n) is 6.71. The predicted molar refractivity (Wildman–Crippen MR) is 101 cm³/mol. The minimum atomic E-state index is -0.486. The van der Waals surface area contributed by atoms with Gasteiger partial charge < -0.3 is 19.5 Å². The Morgan fingerprint density at radius 3 is 2.64 bits per heavy atom. The molecular weight excluding hydrogens is 437 g/mol. The molecule has 2 heterocycles. The van der Waals surface area contributed by atoms with Gasteiger partial charge in [0.2, 0.25) is 11.8 Å². The molecule has 0 spiro atoms. The molecule has 3 rings (SSSR count). The van der Waals surface area contributed by atoms with Crippen LogP contribution >= 0.6 is 22.6 Å². The molecule has 1 saturated carbocycles. The zero-order valence-electron chi connectivity index (χ0n) is 14.6. The van der Waals surface area contributed by atoms with Crippen LogP contribution in [0.15, 0.2) is 0 Å². The lowest BCUT2D eigenvalue weighted by molar-refractivity contribution is 0.0591. The fraction of sp³-hybridized carbons (Fsp3) is 0.706. The zero-order valence-corrected chi connectivity index (χ0v) is 16.7. The van der Waals surface area contributed by atoms with E-state index >= 15 is 0 Å². The van der Waals surface area contributed by atoms with Gasteiger partial charge >= 0.3 is 5.97 Å². The van der Waals surface area contributed by atoms with E-state index in [2.05, 4.69) is 22.2 Å². The van der Waals surface area contributed by atoms with Crippen LogP contribution in [-0.4, -0.2) is 48.4 Å². The van der Waals surface area contributed by atoms with Crippen molar-refractivity contribution in [3.63, 3.8) is 0 Å². The van der Waals surface area contributed by atoms with Gasteiger partial charge in [0.1, 0.15) is 9.67 Å². The first-order valence-corrected chi connectivity index (χ1v) is 9.81.